The van der Waals surface area contributed by atoms with E-state index in [1.165, 1.54) is 0 Å². The van der Waals surface area contributed by atoms with Crippen molar-refractivity contribution in [3.05, 3.63) is 144 Å². The Balaban J connectivity index is 1.16. The van der Waals surface area contributed by atoms with Crippen LogP contribution < -0.4 is 10.6 Å². The fourth-order valence-electron chi connectivity index (χ4n) is 5.41. The summed E-state index contributed by atoms with van der Waals surface area (Å²) in [6, 6.07) is 34.8. The molecule has 0 aliphatic carbocycles. The summed E-state index contributed by atoms with van der Waals surface area (Å²) in [6.45, 7) is -0.388. The SMILES string of the molecule is O=C(CCNC(CCC(=O)OCc1ccccc1)C(=O)OCc1ccccc1)OCOC(=O)CCNC(CCC(=O)OCc1ccccc1)C(=O)OCc1ccccc1. The zero-order valence-corrected chi connectivity index (χ0v) is 32.8. The molecule has 2 atom stereocenters. The second-order valence-corrected chi connectivity index (χ2v) is 13.2. The number of hydrogen-bond donors (Lipinski definition) is 2. The van der Waals surface area contributed by atoms with Crippen LogP contribution in [-0.2, 0) is 83.6 Å². The van der Waals surface area contributed by atoms with E-state index in [-0.39, 0.29) is 78.0 Å². The van der Waals surface area contributed by atoms with Gasteiger partial charge in [-0.1, -0.05) is 121 Å². The van der Waals surface area contributed by atoms with E-state index in [4.69, 9.17) is 28.4 Å². The first-order chi connectivity index (χ1) is 28.7. The second-order valence-electron chi connectivity index (χ2n) is 13.2. The average molecular weight is 811 g/mol. The van der Waals surface area contributed by atoms with Gasteiger partial charge in [-0.15, -0.1) is 0 Å². The van der Waals surface area contributed by atoms with Crippen LogP contribution in [0.15, 0.2) is 121 Å². The van der Waals surface area contributed by atoms with Crippen molar-refractivity contribution >= 4 is 35.8 Å². The number of benzene rings is 4. The molecule has 14 heteroatoms. The van der Waals surface area contributed by atoms with Gasteiger partial charge in [0.15, 0.2) is 0 Å². The largest absolute Gasteiger partial charge is 0.461 e. The van der Waals surface area contributed by atoms with E-state index in [0.29, 0.717) is 0 Å². The maximum atomic E-state index is 13.0. The Morgan fingerprint density at radius 3 is 0.983 bits per heavy atom. The van der Waals surface area contributed by atoms with Crippen LogP contribution in [0, 0.1) is 0 Å². The van der Waals surface area contributed by atoms with Gasteiger partial charge < -0.3 is 39.1 Å². The standard InChI is InChI=1S/C45H50N2O12/c48-40(54-29-34-13-5-1-6-14-34)23-21-38(44(52)56-31-36-17-9-3-10-18-36)46-27-25-42(50)58-33-59-43(51)26-28-47-39(45(53)57-32-37-19-11-4-12-20-37)22-24-41(49)55-30-35-15-7-2-8-16-35/h1-20,38-39,46-47H,21-33H2. The summed E-state index contributed by atoms with van der Waals surface area (Å²) >= 11 is 0. The summed E-state index contributed by atoms with van der Waals surface area (Å²) in [4.78, 5) is 75.7. The second kappa shape index (κ2) is 26.5. The molecule has 0 aromatic heterocycles. The van der Waals surface area contributed by atoms with E-state index in [1.54, 1.807) is 0 Å². The lowest BCUT2D eigenvalue weighted by molar-refractivity contribution is -0.167. The van der Waals surface area contributed by atoms with Crippen LogP contribution in [0.3, 0.4) is 0 Å². The fourth-order valence-corrected chi connectivity index (χ4v) is 5.41. The fraction of sp³-hybridized carbons (Fsp3) is 0.333. The maximum absolute atomic E-state index is 13.0. The highest BCUT2D eigenvalue weighted by molar-refractivity contribution is 5.78. The minimum atomic E-state index is -0.916. The number of carbonyl (C=O) groups is 6. The molecular formula is C45H50N2O12. The Bertz CT molecular complexity index is 1740. The van der Waals surface area contributed by atoms with Crippen molar-refractivity contribution in [1.82, 2.24) is 10.6 Å². The number of esters is 6. The van der Waals surface area contributed by atoms with Gasteiger partial charge in [0.25, 0.3) is 0 Å². The lowest BCUT2D eigenvalue weighted by Gasteiger charge is -2.18. The highest BCUT2D eigenvalue weighted by Crippen LogP contribution is 2.10. The van der Waals surface area contributed by atoms with Gasteiger partial charge in [0.05, 0.1) is 12.8 Å². The molecule has 14 nitrogen and oxygen atoms in total. The molecule has 59 heavy (non-hydrogen) atoms. The molecule has 2 N–H and O–H groups in total. The van der Waals surface area contributed by atoms with Crippen molar-refractivity contribution in [3.63, 3.8) is 0 Å². The predicted molar refractivity (Wildman–Crippen MR) is 213 cm³/mol. The van der Waals surface area contributed by atoms with Gasteiger partial charge >= 0.3 is 35.8 Å². The smallest absolute Gasteiger partial charge is 0.323 e. The van der Waals surface area contributed by atoms with Crippen LogP contribution in [0.1, 0.15) is 60.8 Å². The molecule has 0 aliphatic rings. The molecule has 0 spiro atoms. The van der Waals surface area contributed by atoms with Crippen LogP contribution in [-0.4, -0.2) is 67.8 Å². The number of rotatable bonds is 26. The van der Waals surface area contributed by atoms with E-state index in [0.717, 1.165) is 22.3 Å². The molecule has 0 saturated carbocycles. The number of carbonyl (C=O) groups excluding carboxylic acids is 6. The Hall–Kier alpha value is -6.38. The zero-order valence-electron chi connectivity index (χ0n) is 32.8. The van der Waals surface area contributed by atoms with Crippen LogP contribution in [0.2, 0.25) is 0 Å². The topological polar surface area (TPSA) is 182 Å². The molecule has 0 saturated heterocycles. The van der Waals surface area contributed by atoms with E-state index in [1.807, 2.05) is 121 Å². The Kier molecular flexibility index (Phi) is 20.4. The molecule has 0 radical (unpaired) electrons. The van der Waals surface area contributed by atoms with Crippen LogP contribution in [0.5, 0.6) is 0 Å². The zero-order chi connectivity index (χ0) is 41.9. The first-order valence-electron chi connectivity index (χ1n) is 19.3. The third kappa shape index (κ3) is 19.1. The molecular weight excluding hydrogens is 760 g/mol. The Morgan fingerprint density at radius 1 is 0.373 bits per heavy atom. The Labute approximate surface area is 343 Å². The third-order valence-electron chi connectivity index (χ3n) is 8.66. The quantitative estimate of drug-likeness (QED) is 0.0476. The van der Waals surface area contributed by atoms with Gasteiger partial charge in [-0.05, 0) is 35.1 Å². The first kappa shape index (κ1) is 45.3. The average Bonchev–Trinajstić information content (AvgIpc) is 3.27. The van der Waals surface area contributed by atoms with Gasteiger partial charge in [-0.2, -0.15) is 0 Å². The van der Waals surface area contributed by atoms with Gasteiger partial charge in [0, 0.05) is 25.9 Å². The number of ether oxygens (including phenoxy) is 6. The predicted octanol–water partition coefficient (Wildman–Crippen LogP) is 5.26. The highest BCUT2D eigenvalue weighted by atomic mass is 16.7. The van der Waals surface area contributed by atoms with Crippen molar-refractivity contribution < 1.29 is 57.2 Å². The van der Waals surface area contributed by atoms with Crippen molar-refractivity contribution in [1.29, 1.82) is 0 Å². The molecule has 0 amide bonds. The molecule has 0 heterocycles. The summed E-state index contributed by atoms with van der Waals surface area (Å²) < 4.78 is 31.7. The van der Waals surface area contributed by atoms with Crippen molar-refractivity contribution in [2.45, 2.75) is 77.0 Å². The van der Waals surface area contributed by atoms with Gasteiger partial charge in [-0.25, -0.2) is 0 Å². The molecule has 4 aromatic rings. The van der Waals surface area contributed by atoms with Gasteiger partial charge in [0.2, 0.25) is 6.79 Å². The normalized spacial score (nSPS) is 11.7. The van der Waals surface area contributed by atoms with Crippen LogP contribution in [0.25, 0.3) is 0 Å². The minimum Gasteiger partial charge on any atom is -0.461 e. The van der Waals surface area contributed by atoms with E-state index < -0.39 is 54.7 Å². The van der Waals surface area contributed by atoms with Crippen LogP contribution in [0.4, 0.5) is 0 Å². The molecule has 312 valence electrons. The molecule has 4 rings (SSSR count). The summed E-state index contributed by atoms with van der Waals surface area (Å²) in [6.07, 6.45) is -0.382. The van der Waals surface area contributed by atoms with E-state index >= 15 is 0 Å². The summed E-state index contributed by atoms with van der Waals surface area (Å²) in [5.74, 6) is -3.60. The molecule has 0 aliphatic heterocycles. The third-order valence-corrected chi connectivity index (χ3v) is 8.66. The summed E-state index contributed by atoms with van der Waals surface area (Å²) in [5.41, 5.74) is 3.23. The van der Waals surface area contributed by atoms with Gasteiger partial charge in [0.1, 0.15) is 38.5 Å². The summed E-state index contributed by atoms with van der Waals surface area (Å²) in [7, 11) is 0. The van der Waals surface area contributed by atoms with Gasteiger partial charge in [-0.3, -0.25) is 28.8 Å². The summed E-state index contributed by atoms with van der Waals surface area (Å²) in [5, 5.41) is 5.89. The lowest BCUT2D eigenvalue weighted by Crippen LogP contribution is -2.40. The van der Waals surface area contributed by atoms with Crippen molar-refractivity contribution in [2.75, 3.05) is 19.9 Å². The molecule has 0 fully saturated rings. The highest BCUT2D eigenvalue weighted by Gasteiger charge is 2.23. The maximum Gasteiger partial charge on any atom is 0.323 e. The monoisotopic (exact) mass is 810 g/mol. The van der Waals surface area contributed by atoms with Crippen LogP contribution >= 0.6 is 0 Å². The Morgan fingerprint density at radius 2 is 0.661 bits per heavy atom. The van der Waals surface area contributed by atoms with E-state index in [9.17, 15) is 28.8 Å². The van der Waals surface area contributed by atoms with Crippen molar-refractivity contribution in [2.24, 2.45) is 0 Å². The number of nitrogens with one attached hydrogen (secondary N) is 2. The van der Waals surface area contributed by atoms with Crippen molar-refractivity contribution in [3.8, 4) is 0 Å². The first-order valence-corrected chi connectivity index (χ1v) is 19.3. The molecule has 0 bridgehead atoms. The molecule has 2 unspecified atom stereocenters. The lowest BCUT2D eigenvalue weighted by atomic mass is 10.1. The molecule has 4 aromatic carbocycles. The number of hydrogen-bond acceptors (Lipinski definition) is 14. The van der Waals surface area contributed by atoms with E-state index in [2.05, 4.69) is 10.6 Å². The minimum absolute atomic E-state index is 0.00241.